The number of rotatable bonds is 19. The first-order valence-corrected chi connectivity index (χ1v) is 11.1. The number of aliphatic hydroxyl groups is 4. The van der Waals surface area contributed by atoms with Crippen LogP contribution in [-0.2, 0) is 37.9 Å². The monoisotopic (exact) mass is 466 g/mol. The molecule has 4 rings (SSSR count). The predicted molar refractivity (Wildman–Crippen MR) is 104 cm³/mol. The Morgan fingerprint density at radius 2 is 0.781 bits per heavy atom. The SMILES string of the molecule is OC(COCC(OCC(O)C1CO1)C(COCC(O)C1CO1)OCC(O)C1CO1)C1CO1. The van der Waals surface area contributed by atoms with Gasteiger partial charge in [-0.1, -0.05) is 0 Å². The molecular formula is C20H34O12. The van der Waals surface area contributed by atoms with Crippen molar-refractivity contribution in [1.29, 1.82) is 0 Å². The molecule has 4 N–H and O–H groups in total. The molecular weight excluding hydrogens is 432 g/mol. The van der Waals surface area contributed by atoms with Crippen LogP contribution in [0.1, 0.15) is 0 Å². The van der Waals surface area contributed by atoms with Crippen LogP contribution < -0.4 is 0 Å². The highest BCUT2D eigenvalue weighted by Crippen LogP contribution is 2.20. The van der Waals surface area contributed by atoms with Gasteiger partial charge in [-0.3, -0.25) is 0 Å². The second kappa shape index (κ2) is 11.8. The summed E-state index contributed by atoms with van der Waals surface area (Å²) in [6.07, 6.45) is -5.30. The fourth-order valence-electron chi connectivity index (χ4n) is 3.12. The maximum atomic E-state index is 10.1. The van der Waals surface area contributed by atoms with Crippen molar-refractivity contribution in [3.8, 4) is 0 Å². The van der Waals surface area contributed by atoms with Gasteiger partial charge in [-0.25, -0.2) is 0 Å². The van der Waals surface area contributed by atoms with E-state index in [9.17, 15) is 20.4 Å². The van der Waals surface area contributed by atoms with Crippen molar-refractivity contribution in [2.24, 2.45) is 0 Å². The minimum absolute atomic E-state index is 0.000326. The summed E-state index contributed by atoms with van der Waals surface area (Å²) in [6.45, 7) is 2.21. The second-order valence-corrected chi connectivity index (χ2v) is 8.58. The second-order valence-electron chi connectivity index (χ2n) is 8.58. The molecule has 0 aliphatic carbocycles. The fraction of sp³-hybridized carbons (Fsp3) is 1.00. The highest BCUT2D eigenvalue weighted by Gasteiger charge is 2.37. The Morgan fingerprint density at radius 1 is 0.500 bits per heavy atom. The molecule has 0 spiro atoms. The number of ether oxygens (including phenoxy) is 8. The normalized spacial score (nSPS) is 33.8. The van der Waals surface area contributed by atoms with Crippen LogP contribution in [-0.4, -0.2) is 148 Å². The van der Waals surface area contributed by atoms with Crippen LogP contribution >= 0.6 is 0 Å². The summed E-state index contributed by atoms with van der Waals surface area (Å²) in [5, 5.41) is 40.1. The van der Waals surface area contributed by atoms with Gasteiger partial charge < -0.3 is 58.3 Å². The third-order valence-electron chi connectivity index (χ3n) is 5.67. The third kappa shape index (κ3) is 8.38. The maximum Gasteiger partial charge on any atom is 0.109 e. The molecule has 4 aliphatic heterocycles. The molecule has 0 aromatic rings. The maximum absolute atomic E-state index is 10.1. The van der Waals surface area contributed by atoms with Crippen molar-refractivity contribution in [3.63, 3.8) is 0 Å². The van der Waals surface area contributed by atoms with E-state index in [2.05, 4.69) is 0 Å². The Hall–Kier alpha value is -0.480. The van der Waals surface area contributed by atoms with Gasteiger partial charge in [0, 0.05) is 0 Å². The van der Waals surface area contributed by atoms with Crippen LogP contribution in [0.4, 0.5) is 0 Å². The summed E-state index contributed by atoms with van der Waals surface area (Å²) >= 11 is 0. The summed E-state index contributed by atoms with van der Waals surface area (Å²) < 4.78 is 43.3. The van der Waals surface area contributed by atoms with Crippen molar-refractivity contribution in [3.05, 3.63) is 0 Å². The molecule has 0 amide bonds. The zero-order valence-corrected chi connectivity index (χ0v) is 17.9. The highest BCUT2D eigenvalue weighted by molar-refractivity contribution is 4.83. The molecule has 4 fully saturated rings. The molecule has 4 aliphatic rings. The average molecular weight is 466 g/mol. The van der Waals surface area contributed by atoms with Crippen LogP contribution in [0, 0.1) is 0 Å². The minimum Gasteiger partial charge on any atom is -0.388 e. The zero-order valence-electron chi connectivity index (χ0n) is 17.9. The van der Waals surface area contributed by atoms with Gasteiger partial charge in [0.15, 0.2) is 0 Å². The van der Waals surface area contributed by atoms with E-state index in [0.717, 1.165) is 0 Å². The lowest BCUT2D eigenvalue weighted by Crippen LogP contribution is -2.43. The molecule has 186 valence electrons. The molecule has 0 radical (unpaired) electrons. The van der Waals surface area contributed by atoms with E-state index in [-0.39, 0.29) is 64.1 Å². The standard InChI is InChI=1S/C20H34O12/c21-11(15-7-29-15)1-25-5-19(27-3-13(23)17-9-31-17)20(28-4-14(24)18-10-32-18)6-26-2-12(22)16-8-30-16/h11-24H,1-10H2. The van der Waals surface area contributed by atoms with Gasteiger partial charge in [0.05, 0.1) is 66.1 Å². The number of epoxide rings is 4. The van der Waals surface area contributed by atoms with Gasteiger partial charge in [0.25, 0.3) is 0 Å². The Labute approximate surface area is 186 Å². The molecule has 32 heavy (non-hydrogen) atoms. The van der Waals surface area contributed by atoms with E-state index in [4.69, 9.17) is 37.9 Å². The summed E-state index contributed by atoms with van der Waals surface area (Å²) in [5.74, 6) is 0. The van der Waals surface area contributed by atoms with Crippen LogP contribution in [0.3, 0.4) is 0 Å². The lowest BCUT2D eigenvalue weighted by Gasteiger charge is -2.29. The lowest BCUT2D eigenvalue weighted by atomic mass is 10.2. The van der Waals surface area contributed by atoms with Crippen molar-refractivity contribution in [1.82, 2.24) is 0 Å². The topological polar surface area (TPSA) is 168 Å². The minimum atomic E-state index is -0.788. The molecule has 0 saturated carbocycles. The first kappa shape index (κ1) is 24.6. The zero-order chi connectivity index (χ0) is 22.5. The Balaban J connectivity index is 1.29. The van der Waals surface area contributed by atoms with E-state index >= 15 is 0 Å². The van der Waals surface area contributed by atoms with E-state index in [1.807, 2.05) is 0 Å². The molecule has 10 unspecified atom stereocenters. The fourth-order valence-corrected chi connectivity index (χ4v) is 3.12. The Kier molecular flexibility index (Phi) is 9.07. The van der Waals surface area contributed by atoms with Crippen molar-refractivity contribution >= 4 is 0 Å². The van der Waals surface area contributed by atoms with Gasteiger partial charge in [-0.2, -0.15) is 0 Å². The summed E-state index contributed by atoms with van der Waals surface area (Å²) in [5.41, 5.74) is 0. The smallest absolute Gasteiger partial charge is 0.109 e. The average Bonchev–Trinajstić information content (AvgIpc) is 3.60. The molecule has 12 heteroatoms. The van der Waals surface area contributed by atoms with Crippen LogP contribution in [0.15, 0.2) is 0 Å². The summed E-state index contributed by atoms with van der Waals surface area (Å²) in [4.78, 5) is 0. The summed E-state index contributed by atoms with van der Waals surface area (Å²) in [7, 11) is 0. The van der Waals surface area contributed by atoms with Crippen molar-refractivity contribution in [2.45, 2.75) is 61.0 Å². The largest absolute Gasteiger partial charge is 0.388 e. The molecule has 0 bridgehead atoms. The number of hydrogen-bond acceptors (Lipinski definition) is 12. The first-order valence-electron chi connectivity index (χ1n) is 11.1. The highest BCUT2D eigenvalue weighted by atomic mass is 16.6. The molecule has 12 nitrogen and oxygen atoms in total. The van der Waals surface area contributed by atoms with Crippen LogP contribution in [0.5, 0.6) is 0 Å². The van der Waals surface area contributed by atoms with Gasteiger partial charge in [-0.05, 0) is 0 Å². The van der Waals surface area contributed by atoms with Gasteiger partial charge in [0.1, 0.15) is 61.0 Å². The molecule has 0 aromatic heterocycles. The van der Waals surface area contributed by atoms with Crippen molar-refractivity contribution in [2.75, 3.05) is 66.1 Å². The first-order chi connectivity index (χ1) is 15.5. The van der Waals surface area contributed by atoms with E-state index in [0.29, 0.717) is 26.4 Å². The molecule has 4 heterocycles. The molecule has 0 aromatic carbocycles. The van der Waals surface area contributed by atoms with E-state index < -0.39 is 36.6 Å². The summed E-state index contributed by atoms with van der Waals surface area (Å²) in [6, 6.07) is 0. The molecule has 4 saturated heterocycles. The van der Waals surface area contributed by atoms with E-state index in [1.165, 1.54) is 0 Å². The predicted octanol–water partition coefficient (Wildman–Crippen LogP) is -3.17. The van der Waals surface area contributed by atoms with Gasteiger partial charge in [-0.15, -0.1) is 0 Å². The lowest BCUT2D eigenvalue weighted by molar-refractivity contribution is -0.155. The van der Waals surface area contributed by atoms with Crippen LogP contribution in [0.25, 0.3) is 0 Å². The Bertz CT molecular complexity index is 503. The van der Waals surface area contributed by atoms with Gasteiger partial charge >= 0.3 is 0 Å². The molecule has 10 atom stereocenters. The van der Waals surface area contributed by atoms with Crippen molar-refractivity contribution < 1.29 is 58.3 Å². The van der Waals surface area contributed by atoms with Crippen LogP contribution in [0.2, 0.25) is 0 Å². The van der Waals surface area contributed by atoms with Gasteiger partial charge in [0.2, 0.25) is 0 Å². The van der Waals surface area contributed by atoms with E-state index in [1.54, 1.807) is 0 Å². The quantitative estimate of drug-likeness (QED) is 0.141. The number of aliphatic hydroxyl groups excluding tert-OH is 4. The number of hydrogen-bond donors (Lipinski definition) is 4. The Morgan fingerprint density at radius 3 is 1.06 bits per heavy atom. The third-order valence-corrected chi connectivity index (χ3v) is 5.67.